The summed E-state index contributed by atoms with van der Waals surface area (Å²) in [5.41, 5.74) is 5.80. The lowest BCUT2D eigenvalue weighted by Gasteiger charge is -2.04. The van der Waals surface area contributed by atoms with Crippen LogP contribution in [-0.4, -0.2) is 19.7 Å². The molecule has 0 aliphatic heterocycles. The molecule has 0 aromatic carbocycles. The Labute approximate surface area is 111 Å². The van der Waals surface area contributed by atoms with Crippen LogP contribution in [0.2, 0.25) is 0 Å². The number of pyridine rings is 1. The summed E-state index contributed by atoms with van der Waals surface area (Å²) in [6.45, 7) is 2.11. The van der Waals surface area contributed by atoms with E-state index in [-0.39, 0.29) is 0 Å². The van der Waals surface area contributed by atoms with Gasteiger partial charge in [0.2, 0.25) is 0 Å². The van der Waals surface area contributed by atoms with Gasteiger partial charge in [-0.25, -0.2) is 4.98 Å². The average Bonchev–Trinajstić information content (AvgIpc) is 3.09. The largest absolute Gasteiger partial charge is 0.346 e. The van der Waals surface area contributed by atoms with Gasteiger partial charge in [0.25, 0.3) is 0 Å². The molecule has 1 saturated carbocycles. The van der Waals surface area contributed by atoms with Crippen LogP contribution in [0, 0.1) is 6.92 Å². The number of rotatable bonds is 2. The molecule has 0 bridgehead atoms. The van der Waals surface area contributed by atoms with E-state index in [0.29, 0.717) is 5.92 Å². The van der Waals surface area contributed by atoms with E-state index in [0.717, 1.165) is 5.65 Å². The second-order valence-corrected chi connectivity index (χ2v) is 5.41. The number of hydrogen-bond acceptors (Lipinski definition) is 2. The zero-order chi connectivity index (χ0) is 13.0. The summed E-state index contributed by atoms with van der Waals surface area (Å²) in [6.07, 6.45) is 6.44. The number of nitrogens with zero attached hydrogens (tertiary/aromatic N) is 3. The van der Waals surface area contributed by atoms with Crippen LogP contribution >= 0.6 is 0 Å². The molecule has 3 heterocycles. The van der Waals surface area contributed by atoms with Crippen molar-refractivity contribution >= 4 is 11.0 Å². The molecule has 0 amide bonds. The van der Waals surface area contributed by atoms with Gasteiger partial charge in [-0.2, -0.15) is 5.10 Å². The molecule has 0 spiro atoms. The molecule has 1 aliphatic carbocycles. The smallest absolute Gasteiger partial charge is 0.138 e. The lowest BCUT2D eigenvalue weighted by Crippen LogP contribution is -1.95. The number of fused-ring (bicyclic) bond motifs is 1. The minimum absolute atomic E-state index is 0.685. The number of H-pyrrole nitrogens is 1. The first kappa shape index (κ1) is 10.8. The molecule has 0 unspecified atom stereocenters. The standard InChI is InChI=1S/C15H16N4/c1-9-8-17-15-14(9)11(5-6-16-15)13-7-12(10-3-4-10)18-19(13)2/h5-8,10H,3-4H2,1-2H3,(H,16,17). The SMILES string of the molecule is Cc1c[nH]c2nccc(-c3cc(C4CC4)nn3C)c12. The Morgan fingerprint density at radius 2 is 2.21 bits per heavy atom. The Morgan fingerprint density at radius 3 is 3.00 bits per heavy atom. The van der Waals surface area contributed by atoms with Crippen molar-refractivity contribution in [3.63, 3.8) is 0 Å². The highest BCUT2D eigenvalue weighted by molar-refractivity contribution is 5.94. The lowest BCUT2D eigenvalue weighted by atomic mass is 10.1. The lowest BCUT2D eigenvalue weighted by molar-refractivity contribution is 0.751. The Kier molecular flexibility index (Phi) is 2.10. The minimum Gasteiger partial charge on any atom is -0.346 e. The Hall–Kier alpha value is -2.10. The van der Waals surface area contributed by atoms with Gasteiger partial charge in [0.15, 0.2) is 0 Å². The molecule has 1 N–H and O–H groups in total. The summed E-state index contributed by atoms with van der Waals surface area (Å²) in [7, 11) is 2.02. The molecule has 1 aliphatic rings. The number of aryl methyl sites for hydroxylation is 2. The van der Waals surface area contributed by atoms with Gasteiger partial charge in [0.05, 0.1) is 11.4 Å². The molecule has 1 fully saturated rings. The predicted molar refractivity (Wildman–Crippen MR) is 75.0 cm³/mol. The molecule has 4 nitrogen and oxygen atoms in total. The zero-order valence-corrected chi connectivity index (χ0v) is 11.1. The normalized spacial score (nSPS) is 15.3. The number of aromatic amines is 1. The van der Waals surface area contributed by atoms with Gasteiger partial charge in [-0.15, -0.1) is 0 Å². The van der Waals surface area contributed by atoms with Crippen molar-refractivity contribution in [2.24, 2.45) is 7.05 Å². The van der Waals surface area contributed by atoms with Crippen molar-refractivity contribution in [2.75, 3.05) is 0 Å². The van der Waals surface area contributed by atoms with Crippen molar-refractivity contribution in [1.29, 1.82) is 0 Å². The van der Waals surface area contributed by atoms with E-state index in [1.54, 1.807) is 0 Å². The van der Waals surface area contributed by atoms with E-state index in [9.17, 15) is 0 Å². The molecular formula is C15H16N4. The topological polar surface area (TPSA) is 46.5 Å². The molecule has 3 aromatic heterocycles. The first-order chi connectivity index (χ1) is 9.24. The highest BCUT2D eigenvalue weighted by Gasteiger charge is 2.27. The fourth-order valence-corrected chi connectivity index (χ4v) is 2.75. The monoisotopic (exact) mass is 252 g/mol. The summed E-state index contributed by atoms with van der Waals surface area (Å²) in [6, 6.07) is 4.32. The van der Waals surface area contributed by atoms with Gasteiger partial charge in [0, 0.05) is 36.3 Å². The summed E-state index contributed by atoms with van der Waals surface area (Å²) in [5.74, 6) is 0.685. The van der Waals surface area contributed by atoms with Crippen LogP contribution in [-0.2, 0) is 7.05 Å². The van der Waals surface area contributed by atoms with Crippen LogP contribution in [0.1, 0.15) is 30.0 Å². The zero-order valence-electron chi connectivity index (χ0n) is 11.1. The van der Waals surface area contributed by atoms with Crippen LogP contribution in [0.25, 0.3) is 22.3 Å². The second kappa shape index (κ2) is 3.70. The van der Waals surface area contributed by atoms with Gasteiger partial charge in [-0.3, -0.25) is 4.68 Å². The Balaban J connectivity index is 1.96. The third-order valence-corrected chi connectivity index (χ3v) is 3.94. The van der Waals surface area contributed by atoms with E-state index < -0.39 is 0 Å². The number of aromatic nitrogens is 4. The number of hydrogen-bond donors (Lipinski definition) is 1. The maximum absolute atomic E-state index is 4.66. The summed E-state index contributed by atoms with van der Waals surface area (Å²) in [4.78, 5) is 7.61. The van der Waals surface area contributed by atoms with Crippen LogP contribution < -0.4 is 0 Å². The Bertz CT molecular complexity index is 762. The first-order valence-corrected chi connectivity index (χ1v) is 6.71. The van der Waals surface area contributed by atoms with Crippen molar-refractivity contribution in [1.82, 2.24) is 19.7 Å². The van der Waals surface area contributed by atoms with Crippen LogP contribution in [0.15, 0.2) is 24.5 Å². The quantitative estimate of drug-likeness (QED) is 0.761. The van der Waals surface area contributed by atoms with E-state index in [1.807, 2.05) is 24.1 Å². The number of nitrogens with one attached hydrogen (secondary N) is 1. The molecular weight excluding hydrogens is 236 g/mol. The maximum atomic E-state index is 4.66. The summed E-state index contributed by atoms with van der Waals surface area (Å²) >= 11 is 0. The van der Waals surface area contributed by atoms with Crippen LogP contribution in [0.5, 0.6) is 0 Å². The molecule has 0 saturated heterocycles. The molecule has 4 rings (SSSR count). The van der Waals surface area contributed by atoms with Gasteiger partial charge in [-0.05, 0) is 37.5 Å². The van der Waals surface area contributed by atoms with Crippen molar-refractivity contribution < 1.29 is 0 Å². The van der Waals surface area contributed by atoms with Gasteiger partial charge in [-0.1, -0.05) is 0 Å². The second-order valence-electron chi connectivity index (χ2n) is 5.41. The average molecular weight is 252 g/mol. The van der Waals surface area contributed by atoms with Crippen LogP contribution in [0.4, 0.5) is 0 Å². The van der Waals surface area contributed by atoms with E-state index in [4.69, 9.17) is 0 Å². The van der Waals surface area contributed by atoms with Gasteiger partial charge in [0.1, 0.15) is 5.65 Å². The van der Waals surface area contributed by atoms with E-state index >= 15 is 0 Å². The highest BCUT2D eigenvalue weighted by atomic mass is 15.3. The Morgan fingerprint density at radius 1 is 1.37 bits per heavy atom. The van der Waals surface area contributed by atoms with E-state index in [1.165, 1.54) is 40.7 Å². The third kappa shape index (κ3) is 1.59. The van der Waals surface area contributed by atoms with Crippen molar-refractivity contribution in [2.45, 2.75) is 25.7 Å². The van der Waals surface area contributed by atoms with Crippen molar-refractivity contribution in [3.8, 4) is 11.3 Å². The molecule has 0 atom stereocenters. The molecule has 19 heavy (non-hydrogen) atoms. The predicted octanol–water partition coefficient (Wildman–Crippen LogP) is 3.15. The van der Waals surface area contributed by atoms with Crippen LogP contribution in [0.3, 0.4) is 0 Å². The first-order valence-electron chi connectivity index (χ1n) is 6.71. The highest BCUT2D eigenvalue weighted by Crippen LogP contribution is 2.41. The fraction of sp³-hybridized carbons (Fsp3) is 0.333. The van der Waals surface area contributed by atoms with Gasteiger partial charge < -0.3 is 4.98 Å². The molecule has 96 valence electrons. The molecule has 4 heteroatoms. The van der Waals surface area contributed by atoms with Gasteiger partial charge >= 0.3 is 0 Å². The molecule has 0 radical (unpaired) electrons. The van der Waals surface area contributed by atoms with E-state index in [2.05, 4.69) is 34.1 Å². The fourth-order valence-electron chi connectivity index (χ4n) is 2.75. The maximum Gasteiger partial charge on any atom is 0.138 e. The summed E-state index contributed by atoms with van der Waals surface area (Å²) < 4.78 is 1.99. The summed E-state index contributed by atoms with van der Waals surface area (Å²) in [5, 5.41) is 5.86. The van der Waals surface area contributed by atoms with Crippen molar-refractivity contribution in [3.05, 3.63) is 35.8 Å². The third-order valence-electron chi connectivity index (χ3n) is 3.94. The molecule has 3 aromatic rings. The minimum atomic E-state index is 0.685.